The van der Waals surface area contributed by atoms with Gasteiger partial charge in [0.2, 0.25) is 0 Å². The number of rotatable bonds is 2. The monoisotopic (exact) mass is 246 g/mol. The average molecular weight is 246 g/mol. The van der Waals surface area contributed by atoms with E-state index in [1.54, 1.807) is 20.0 Å². The van der Waals surface area contributed by atoms with Crippen molar-refractivity contribution in [2.45, 2.75) is 13.8 Å². The van der Waals surface area contributed by atoms with Crippen LogP contribution in [0.4, 0.5) is 5.69 Å². The maximum absolute atomic E-state index is 12.0. The van der Waals surface area contributed by atoms with Crippen molar-refractivity contribution in [2.24, 2.45) is 7.05 Å². The molecule has 1 heterocycles. The third-order valence-corrected chi connectivity index (χ3v) is 2.88. The molecule has 1 aromatic heterocycles. The van der Waals surface area contributed by atoms with E-state index < -0.39 is 11.5 Å². The van der Waals surface area contributed by atoms with Crippen molar-refractivity contribution in [3.63, 3.8) is 0 Å². The predicted octanol–water partition coefficient (Wildman–Crippen LogP) is 1.85. The average Bonchev–Trinajstić information content (AvgIpc) is 2.56. The van der Waals surface area contributed by atoms with Gasteiger partial charge in [0, 0.05) is 12.7 Å². The quantitative estimate of drug-likeness (QED) is 0.879. The van der Waals surface area contributed by atoms with Gasteiger partial charge in [0.05, 0.1) is 5.69 Å². The summed E-state index contributed by atoms with van der Waals surface area (Å²) >= 11 is 0. The van der Waals surface area contributed by atoms with E-state index in [1.165, 1.54) is 4.74 Å². The highest BCUT2D eigenvalue weighted by Gasteiger charge is 2.19. The molecule has 1 amide bonds. The van der Waals surface area contributed by atoms with Crippen LogP contribution in [0.15, 0.2) is 33.6 Å². The van der Waals surface area contributed by atoms with Crippen molar-refractivity contribution in [1.29, 1.82) is 0 Å². The Morgan fingerprint density at radius 1 is 1.28 bits per heavy atom. The summed E-state index contributed by atoms with van der Waals surface area (Å²) in [6.07, 6.45) is 0. The number of anilines is 1. The summed E-state index contributed by atoms with van der Waals surface area (Å²) in [4.78, 5) is 23.6. The Balaban J connectivity index is 2.34. The summed E-state index contributed by atoms with van der Waals surface area (Å²) in [6.45, 7) is 3.55. The maximum Gasteiger partial charge on any atom is 0.370 e. The molecule has 0 bridgehead atoms. The Labute approximate surface area is 104 Å². The Kier molecular flexibility index (Phi) is 3.06. The van der Waals surface area contributed by atoms with Crippen LogP contribution in [0.5, 0.6) is 0 Å². The highest BCUT2D eigenvalue weighted by molar-refractivity contribution is 6.05. The molecule has 2 aromatic rings. The molecular weight excluding hydrogens is 232 g/mol. The van der Waals surface area contributed by atoms with Crippen LogP contribution in [0.1, 0.15) is 21.6 Å². The van der Waals surface area contributed by atoms with E-state index in [4.69, 9.17) is 4.52 Å². The summed E-state index contributed by atoms with van der Waals surface area (Å²) < 4.78 is 6.12. The standard InChI is InChI=1S/C13H14N2O3/c1-8-6-4-5-7-10(8)14-12(16)11-9(2)15(3)18-13(11)17/h4-7H,1-3H3,(H,14,16). The molecule has 5 heteroatoms. The largest absolute Gasteiger partial charge is 0.370 e. The second kappa shape index (κ2) is 4.52. The second-order valence-electron chi connectivity index (χ2n) is 4.11. The smallest absolute Gasteiger partial charge is 0.336 e. The normalized spacial score (nSPS) is 10.4. The van der Waals surface area contributed by atoms with E-state index >= 15 is 0 Å². The first-order valence-corrected chi connectivity index (χ1v) is 5.54. The summed E-state index contributed by atoms with van der Waals surface area (Å²) in [6, 6.07) is 7.37. The third-order valence-electron chi connectivity index (χ3n) is 2.88. The maximum atomic E-state index is 12.0. The highest BCUT2D eigenvalue weighted by Crippen LogP contribution is 2.14. The Morgan fingerprint density at radius 3 is 2.50 bits per heavy atom. The highest BCUT2D eigenvalue weighted by atomic mass is 16.5. The van der Waals surface area contributed by atoms with Crippen LogP contribution < -0.4 is 10.9 Å². The number of carbonyl (C=O) groups excluding carboxylic acids is 1. The van der Waals surface area contributed by atoms with Gasteiger partial charge >= 0.3 is 5.63 Å². The zero-order chi connectivity index (χ0) is 13.3. The second-order valence-corrected chi connectivity index (χ2v) is 4.11. The molecule has 0 aliphatic carbocycles. The van der Waals surface area contributed by atoms with Crippen LogP contribution in [0.3, 0.4) is 0 Å². The molecule has 18 heavy (non-hydrogen) atoms. The molecule has 0 radical (unpaired) electrons. The van der Waals surface area contributed by atoms with Gasteiger partial charge in [-0.05, 0) is 25.5 Å². The first kappa shape index (κ1) is 12.2. The number of aromatic nitrogens is 1. The van der Waals surface area contributed by atoms with Crippen LogP contribution in [-0.4, -0.2) is 10.6 Å². The van der Waals surface area contributed by atoms with E-state index in [9.17, 15) is 9.59 Å². The fraction of sp³-hybridized carbons (Fsp3) is 0.231. The number of nitrogens with one attached hydrogen (secondary N) is 1. The minimum Gasteiger partial charge on any atom is -0.336 e. The molecule has 2 rings (SSSR count). The molecule has 0 aliphatic heterocycles. The Morgan fingerprint density at radius 2 is 1.94 bits per heavy atom. The molecule has 0 unspecified atom stereocenters. The lowest BCUT2D eigenvalue weighted by Crippen LogP contribution is -2.19. The Bertz CT molecular complexity index is 652. The van der Waals surface area contributed by atoms with Gasteiger partial charge in [-0.2, -0.15) is 0 Å². The van der Waals surface area contributed by atoms with E-state index in [1.807, 2.05) is 25.1 Å². The van der Waals surface area contributed by atoms with E-state index in [0.717, 1.165) is 5.56 Å². The molecule has 0 saturated heterocycles. The number of hydrogen-bond donors (Lipinski definition) is 1. The lowest BCUT2D eigenvalue weighted by atomic mass is 10.2. The Hall–Kier alpha value is -2.30. The molecule has 0 fully saturated rings. The van der Waals surface area contributed by atoms with Crippen LogP contribution in [0, 0.1) is 13.8 Å². The molecular formula is C13H14N2O3. The molecule has 0 aliphatic rings. The summed E-state index contributed by atoms with van der Waals surface area (Å²) in [5, 5.41) is 2.71. The first-order valence-electron chi connectivity index (χ1n) is 5.54. The summed E-state index contributed by atoms with van der Waals surface area (Å²) in [7, 11) is 1.58. The van der Waals surface area contributed by atoms with Crippen LogP contribution >= 0.6 is 0 Å². The third kappa shape index (κ3) is 2.07. The van der Waals surface area contributed by atoms with Crippen molar-refractivity contribution < 1.29 is 9.32 Å². The lowest BCUT2D eigenvalue weighted by Gasteiger charge is -2.06. The summed E-state index contributed by atoms with van der Waals surface area (Å²) in [5.74, 6) is -0.448. The predicted molar refractivity (Wildman–Crippen MR) is 67.8 cm³/mol. The zero-order valence-corrected chi connectivity index (χ0v) is 10.5. The van der Waals surface area contributed by atoms with Gasteiger partial charge in [-0.3, -0.25) is 4.79 Å². The van der Waals surface area contributed by atoms with E-state index in [-0.39, 0.29) is 5.56 Å². The first-order chi connectivity index (χ1) is 8.50. The molecule has 1 N–H and O–H groups in total. The topological polar surface area (TPSA) is 64.2 Å². The summed E-state index contributed by atoms with van der Waals surface area (Å²) in [5.41, 5.74) is 1.54. The molecule has 0 spiro atoms. The van der Waals surface area contributed by atoms with Crippen LogP contribution in [-0.2, 0) is 7.05 Å². The minimum absolute atomic E-state index is 0.0424. The van der Waals surface area contributed by atoms with Gasteiger partial charge in [0.25, 0.3) is 5.91 Å². The van der Waals surface area contributed by atoms with Crippen molar-refractivity contribution in [1.82, 2.24) is 4.74 Å². The molecule has 0 atom stereocenters. The van der Waals surface area contributed by atoms with Crippen molar-refractivity contribution in [3.05, 3.63) is 51.5 Å². The van der Waals surface area contributed by atoms with Crippen molar-refractivity contribution in [3.8, 4) is 0 Å². The van der Waals surface area contributed by atoms with Gasteiger partial charge in [0.1, 0.15) is 5.56 Å². The van der Waals surface area contributed by atoms with Crippen LogP contribution in [0.25, 0.3) is 0 Å². The van der Waals surface area contributed by atoms with Crippen molar-refractivity contribution in [2.75, 3.05) is 5.32 Å². The number of para-hydroxylation sites is 1. The van der Waals surface area contributed by atoms with Crippen LogP contribution in [0.2, 0.25) is 0 Å². The molecule has 1 aromatic carbocycles. The number of nitrogens with zero attached hydrogens (tertiary/aromatic N) is 1. The fourth-order valence-corrected chi connectivity index (χ4v) is 1.70. The van der Waals surface area contributed by atoms with Gasteiger partial charge in [-0.15, -0.1) is 0 Å². The SMILES string of the molecule is Cc1ccccc1NC(=O)c1c(C)n(C)oc1=O. The van der Waals surface area contributed by atoms with Crippen molar-refractivity contribution >= 4 is 11.6 Å². The number of carbonyl (C=O) groups is 1. The molecule has 94 valence electrons. The lowest BCUT2D eigenvalue weighted by molar-refractivity contribution is 0.102. The van der Waals surface area contributed by atoms with Gasteiger partial charge in [-0.1, -0.05) is 18.2 Å². The molecule has 5 nitrogen and oxygen atoms in total. The van der Waals surface area contributed by atoms with E-state index in [0.29, 0.717) is 11.4 Å². The molecule has 0 saturated carbocycles. The number of aryl methyl sites for hydroxylation is 2. The minimum atomic E-state index is -0.624. The van der Waals surface area contributed by atoms with E-state index in [2.05, 4.69) is 5.32 Å². The number of amides is 1. The zero-order valence-electron chi connectivity index (χ0n) is 10.5. The fourth-order valence-electron chi connectivity index (χ4n) is 1.70. The van der Waals surface area contributed by atoms with Gasteiger partial charge < -0.3 is 9.84 Å². The number of benzene rings is 1. The number of hydrogen-bond acceptors (Lipinski definition) is 3. The van der Waals surface area contributed by atoms with Gasteiger partial charge in [-0.25, -0.2) is 9.53 Å². The van der Waals surface area contributed by atoms with Gasteiger partial charge in [0.15, 0.2) is 0 Å².